The molecule has 0 radical (unpaired) electrons. The van der Waals surface area contributed by atoms with Gasteiger partial charge < -0.3 is 15.0 Å². The highest BCUT2D eigenvalue weighted by Crippen LogP contribution is 2.24. The van der Waals surface area contributed by atoms with E-state index in [9.17, 15) is 4.79 Å². The Labute approximate surface area is 162 Å². The quantitative estimate of drug-likeness (QED) is 0.841. The minimum absolute atomic E-state index is 0.193. The average Bonchev–Trinajstić information content (AvgIpc) is 2.69. The largest absolute Gasteiger partial charge is 0.373 e. The van der Waals surface area contributed by atoms with Gasteiger partial charge in [0.05, 0.1) is 22.8 Å². The average molecular weight is 395 g/mol. The fourth-order valence-corrected chi connectivity index (χ4v) is 3.16. The van der Waals surface area contributed by atoms with Crippen molar-refractivity contribution in [3.05, 3.63) is 51.6 Å². The van der Waals surface area contributed by atoms with E-state index >= 15 is 0 Å². The van der Waals surface area contributed by atoms with E-state index in [1.165, 1.54) is 0 Å². The summed E-state index contributed by atoms with van der Waals surface area (Å²) in [4.78, 5) is 13.7. The van der Waals surface area contributed by atoms with Crippen LogP contribution in [0.3, 0.4) is 0 Å². The molecular weight excluding hydrogens is 375 g/mol. The number of ether oxygens (including phenoxy) is 1. The zero-order valence-electron chi connectivity index (χ0n) is 14.4. The smallest absolute Gasteiger partial charge is 0.271 e. The van der Waals surface area contributed by atoms with Gasteiger partial charge in [-0.25, -0.2) is 0 Å². The van der Waals surface area contributed by atoms with Gasteiger partial charge in [0.15, 0.2) is 11.5 Å². The number of amides is 1. The number of anilines is 1. The number of nitrogens with zero attached hydrogens (tertiary/aromatic N) is 3. The second-order valence-electron chi connectivity index (χ2n) is 6.10. The number of aromatic nitrogens is 2. The van der Waals surface area contributed by atoms with Crippen LogP contribution in [0.15, 0.2) is 30.3 Å². The first-order chi connectivity index (χ1) is 12.6. The van der Waals surface area contributed by atoms with Crippen LogP contribution >= 0.6 is 23.2 Å². The predicted octanol–water partition coefficient (Wildman–Crippen LogP) is 3.33. The van der Waals surface area contributed by atoms with Crippen molar-refractivity contribution in [1.29, 1.82) is 0 Å². The van der Waals surface area contributed by atoms with Gasteiger partial charge in [0.2, 0.25) is 0 Å². The maximum atomic E-state index is 11.5. The van der Waals surface area contributed by atoms with Crippen LogP contribution < -0.4 is 10.2 Å². The Bertz CT molecular complexity index is 762. The first kappa shape index (κ1) is 18.9. The molecule has 1 aromatic heterocycles. The Kier molecular flexibility index (Phi) is 6.29. The molecule has 1 aliphatic heterocycles. The van der Waals surface area contributed by atoms with Gasteiger partial charge in [-0.2, -0.15) is 0 Å². The molecule has 0 saturated carbocycles. The molecule has 0 unspecified atom stereocenters. The zero-order valence-corrected chi connectivity index (χ0v) is 15.9. The van der Waals surface area contributed by atoms with Gasteiger partial charge in [-0.3, -0.25) is 4.79 Å². The summed E-state index contributed by atoms with van der Waals surface area (Å²) in [5, 5.41) is 11.8. The highest BCUT2D eigenvalue weighted by Gasteiger charge is 2.21. The number of benzene rings is 1. The van der Waals surface area contributed by atoms with E-state index in [0.29, 0.717) is 22.3 Å². The summed E-state index contributed by atoms with van der Waals surface area (Å²) in [5.41, 5.74) is 1.33. The number of rotatable bonds is 5. The summed E-state index contributed by atoms with van der Waals surface area (Å²) in [6.45, 7) is 2.18. The van der Waals surface area contributed by atoms with Crippen LogP contribution in [0.1, 0.15) is 28.9 Å². The van der Waals surface area contributed by atoms with Crippen molar-refractivity contribution in [3.8, 4) is 0 Å². The van der Waals surface area contributed by atoms with E-state index in [-0.39, 0.29) is 12.0 Å². The van der Waals surface area contributed by atoms with E-state index in [1.807, 2.05) is 18.2 Å². The summed E-state index contributed by atoms with van der Waals surface area (Å²) in [6, 6.07) is 9.06. The predicted molar refractivity (Wildman–Crippen MR) is 102 cm³/mol. The molecule has 2 heterocycles. The Morgan fingerprint density at radius 3 is 2.58 bits per heavy atom. The summed E-state index contributed by atoms with van der Waals surface area (Å²) in [5.74, 6) is 0.541. The van der Waals surface area contributed by atoms with Crippen molar-refractivity contribution in [2.45, 2.75) is 25.6 Å². The third-order valence-electron chi connectivity index (χ3n) is 4.35. The number of piperidine rings is 1. The molecular formula is C18H20Cl2N4O2. The van der Waals surface area contributed by atoms with Gasteiger partial charge in [-0.05, 0) is 42.7 Å². The summed E-state index contributed by atoms with van der Waals surface area (Å²) in [6.07, 6.45) is 2.00. The van der Waals surface area contributed by atoms with Crippen LogP contribution in [0.5, 0.6) is 0 Å². The van der Waals surface area contributed by atoms with Crippen LogP contribution in [0.2, 0.25) is 10.0 Å². The molecule has 0 bridgehead atoms. The first-order valence-corrected chi connectivity index (χ1v) is 9.18. The third kappa shape index (κ3) is 4.63. The monoisotopic (exact) mass is 394 g/mol. The molecule has 0 spiro atoms. The second-order valence-corrected chi connectivity index (χ2v) is 6.92. The van der Waals surface area contributed by atoms with Crippen LogP contribution in [0, 0.1) is 0 Å². The first-order valence-electron chi connectivity index (χ1n) is 8.43. The lowest BCUT2D eigenvalue weighted by atomic mass is 10.1. The highest BCUT2D eigenvalue weighted by atomic mass is 35.5. The second kappa shape index (κ2) is 8.66. The maximum Gasteiger partial charge on any atom is 0.271 e. The fourth-order valence-electron chi connectivity index (χ4n) is 2.84. The number of halogens is 2. The van der Waals surface area contributed by atoms with Gasteiger partial charge in [0.1, 0.15) is 0 Å². The Morgan fingerprint density at radius 1 is 1.19 bits per heavy atom. The van der Waals surface area contributed by atoms with E-state index in [1.54, 1.807) is 19.2 Å². The molecule has 6 nitrogen and oxygen atoms in total. The van der Waals surface area contributed by atoms with Gasteiger partial charge in [-0.1, -0.05) is 29.3 Å². The van der Waals surface area contributed by atoms with Crippen LogP contribution in [-0.2, 0) is 11.3 Å². The number of hydrogen-bond donors (Lipinski definition) is 1. The number of carbonyl (C=O) groups is 1. The minimum Gasteiger partial charge on any atom is -0.373 e. The van der Waals surface area contributed by atoms with Crippen molar-refractivity contribution >= 4 is 34.9 Å². The molecule has 1 aliphatic rings. The van der Waals surface area contributed by atoms with E-state index in [2.05, 4.69) is 20.4 Å². The highest BCUT2D eigenvalue weighted by molar-refractivity contribution is 6.42. The van der Waals surface area contributed by atoms with E-state index in [0.717, 1.165) is 37.3 Å². The molecule has 3 rings (SSSR count). The lowest BCUT2D eigenvalue weighted by Crippen LogP contribution is -2.37. The SMILES string of the molecule is CNC(=O)c1ccc(N2CCC(OCc3ccc(Cl)c(Cl)c3)CC2)nn1. The molecule has 1 fully saturated rings. The molecule has 1 aromatic carbocycles. The number of carbonyl (C=O) groups excluding carboxylic acids is 1. The Balaban J connectivity index is 1.49. The van der Waals surface area contributed by atoms with Crippen molar-refractivity contribution in [1.82, 2.24) is 15.5 Å². The van der Waals surface area contributed by atoms with Crippen molar-refractivity contribution in [2.75, 3.05) is 25.0 Å². The molecule has 0 atom stereocenters. The number of nitrogens with one attached hydrogen (secondary N) is 1. The van der Waals surface area contributed by atoms with E-state index < -0.39 is 0 Å². The lowest BCUT2D eigenvalue weighted by Gasteiger charge is -2.32. The van der Waals surface area contributed by atoms with Crippen molar-refractivity contribution < 1.29 is 9.53 Å². The maximum absolute atomic E-state index is 11.5. The molecule has 26 heavy (non-hydrogen) atoms. The van der Waals surface area contributed by atoms with Crippen LogP contribution in [0.4, 0.5) is 5.82 Å². The molecule has 1 saturated heterocycles. The van der Waals surface area contributed by atoms with Crippen molar-refractivity contribution in [2.24, 2.45) is 0 Å². The van der Waals surface area contributed by atoms with Crippen LogP contribution in [0.25, 0.3) is 0 Å². The minimum atomic E-state index is -0.238. The molecule has 0 aliphatic carbocycles. The normalized spacial score (nSPS) is 15.1. The Hall–Kier alpha value is -1.89. The van der Waals surface area contributed by atoms with Crippen molar-refractivity contribution in [3.63, 3.8) is 0 Å². The van der Waals surface area contributed by atoms with E-state index in [4.69, 9.17) is 27.9 Å². The molecule has 8 heteroatoms. The standard InChI is InChI=1S/C18H20Cl2N4O2/c1-21-18(25)16-4-5-17(23-22-16)24-8-6-13(7-9-24)26-11-12-2-3-14(19)15(20)10-12/h2-5,10,13H,6-9,11H2,1H3,(H,21,25). The summed E-state index contributed by atoms with van der Waals surface area (Å²) >= 11 is 12.0. The summed E-state index contributed by atoms with van der Waals surface area (Å²) in [7, 11) is 1.57. The van der Waals surface area contributed by atoms with Gasteiger partial charge in [0.25, 0.3) is 5.91 Å². The van der Waals surface area contributed by atoms with Crippen LogP contribution in [-0.4, -0.2) is 42.3 Å². The van der Waals surface area contributed by atoms with Gasteiger partial charge in [-0.15, -0.1) is 10.2 Å². The Morgan fingerprint density at radius 2 is 1.96 bits per heavy atom. The topological polar surface area (TPSA) is 67.4 Å². The molecule has 138 valence electrons. The lowest BCUT2D eigenvalue weighted by molar-refractivity contribution is 0.0250. The molecule has 1 N–H and O–H groups in total. The summed E-state index contributed by atoms with van der Waals surface area (Å²) < 4.78 is 6.00. The fraction of sp³-hybridized carbons (Fsp3) is 0.389. The van der Waals surface area contributed by atoms with Gasteiger partial charge >= 0.3 is 0 Å². The zero-order chi connectivity index (χ0) is 18.5. The molecule has 1 amide bonds. The van der Waals surface area contributed by atoms with Gasteiger partial charge in [0, 0.05) is 20.1 Å². The molecule has 2 aromatic rings. The third-order valence-corrected chi connectivity index (χ3v) is 5.08. The number of hydrogen-bond acceptors (Lipinski definition) is 5.